The maximum Gasteiger partial charge on any atom is 0.201 e. The zero-order chi connectivity index (χ0) is 12.3. The Morgan fingerprint density at radius 2 is 1.65 bits per heavy atom. The van der Waals surface area contributed by atoms with E-state index in [4.69, 9.17) is 9.47 Å². The first kappa shape index (κ1) is 11.1. The first-order chi connectivity index (χ1) is 8.20. The van der Waals surface area contributed by atoms with Crippen LogP contribution in [0.25, 0.3) is 0 Å². The molecular formula is C13H12O4. The van der Waals surface area contributed by atoms with Gasteiger partial charge in [0.05, 0.1) is 7.11 Å². The molecule has 0 unspecified atom stereocenters. The normalized spacial score (nSPS) is 9.94. The Morgan fingerprint density at radius 3 is 2.41 bits per heavy atom. The number of hydrogen-bond donors (Lipinski definition) is 2. The van der Waals surface area contributed by atoms with E-state index in [0.717, 1.165) is 0 Å². The van der Waals surface area contributed by atoms with Crippen molar-refractivity contribution in [3.8, 4) is 28.7 Å². The van der Waals surface area contributed by atoms with Gasteiger partial charge in [-0.15, -0.1) is 0 Å². The van der Waals surface area contributed by atoms with E-state index in [9.17, 15) is 10.2 Å². The van der Waals surface area contributed by atoms with Crippen molar-refractivity contribution in [3.63, 3.8) is 0 Å². The summed E-state index contributed by atoms with van der Waals surface area (Å²) in [5, 5.41) is 18.9. The second kappa shape index (κ2) is 4.65. The molecule has 2 aromatic carbocycles. The SMILES string of the molecule is COc1cccc(Oc2cccc(O)c2O)c1. The molecule has 0 aliphatic rings. The van der Waals surface area contributed by atoms with Crippen LogP contribution in [-0.2, 0) is 0 Å². The van der Waals surface area contributed by atoms with Gasteiger partial charge < -0.3 is 19.7 Å². The fourth-order valence-corrected chi connectivity index (χ4v) is 1.38. The van der Waals surface area contributed by atoms with Crippen LogP contribution in [0.4, 0.5) is 0 Å². The van der Waals surface area contributed by atoms with Crippen molar-refractivity contribution < 1.29 is 19.7 Å². The highest BCUT2D eigenvalue weighted by Crippen LogP contribution is 2.37. The van der Waals surface area contributed by atoms with Crippen LogP contribution < -0.4 is 9.47 Å². The molecule has 0 spiro atoms. The number of phenols is 2. The van der Waals surface area contributed by atoms with E-state index in [0.29, 0.717) is 11.5 Å². The molecule has 2 N–H and O–H groups in total. The first-order valence-electron chi connectivity index (χ1n) is 5.03. The third kappa shape index (κ3) is 2.42. The summed E-state index contributed by atoms with van der Waals surface area (Å²) in [5.41, 5.74) is 0. The molecule has 0 aliphatic carbocycles. The second-order valence-electron chi connectivity index (χ2n) is 3.40. The third-order valence-electron chi connectivity index (χ3n) is 2.25. The lowest BCUT2D eigenvalue weighted by molar-refractivity contribution is 0.370. The van der Waals surface area contributed by atoms with Gasteiger partial charge in [0.25, 0.3) is 0 Å². The van der Waals surface area contributed by atoms with E-state index in [1.165, 1.54) is 6.07 Å². The lowest BCUT2D eigenvalue weighted by atomic mass is 10.3. The molecule has 0 heterocycles. The molecule has 0 fully saturated rings. The van der Waals surface area contributed by atoms with E-state index in [1.54, 1.807) is 43.5 Å². The Kier molecular flexibility index (Phi) is 3.05. The minimum atomic E-state index is -0.282. The number of benzene rings is 2. The average molecular weight is 232 g/mol. The highest BCUT2D eigenvalue weighted by atomic mass is 16.5. The van der Waals surface area contributed by atoms with Gasteiger partial charge in [-0.3, -0.25) is 0 Å². The van der Waals surface area contributed by atoms with Gasteiger partial charge in [0.2, 0.25) is 5.75 Å². The number of hydrogen-bond acceptors (Lipinski definition) is 4. The van der Waals surface area contributed by atoms with Crippen LogP contribution in [0, 0.1) is 0 Å². The summed E-state index contributed by atoms with van der Waals surface area (Å²) in [6, 6.07) is 11.5. The van der Waals surface area contributed by atoms with Gasteiger partial charge in [0.1, 0.15) is 11.5 Å². The summed E-state index contributed by atoms with van der Waals surface area (Å²) in [7, 11) is 1.56. The maximum absolute atomic E-state index is 9.58. The van der Waals surface area contributed by atoms with Gasteiger partial charge in [-0.25, -0.2) is 0 Å². The smallest absolute Gasteiger partial charge is 0.201 e. The molecule has 2 rings (SSSR count). The van der Waals surface area contributed by atoms with Crippen LogP contribution >= 0.6 is 0 Å². The molecule has 0 amide bonds. The number of aromatic hydroxyl groups is 2. The summed E-state index contributed by atoms with van der Waals surface area (Å²) < 4.78 is 10.5. The van der Waals surface area contributed by atoms with Crippen LogP contribution in [0.2, 0.25) is 0 Å². The summed E-state index contributed by atoms with van der Waals surface area (Å²) in [6.07, 6.45) is 0. The quantitative estimate of drug-likeness (QED) is 0.799. The van der Waals surface area contributed by atoms with Gasteiger partial charge in [-0.2, -0.15) is 0 Å². The molecule has 4 nitrogen and oxygen atoms in total. The highest BCUT2D eigenvalue weighted by molar-refractivity contribution is 5.51. The molecule has 0 aromatic heterocycles. The van der Waals surface area contributed by atoms with Crippen LogP contribution in [0.5, 0.6) is 28.7 Å². The number of phenolic OH excluding ortho intramolecular Hbond substituents is 2. The third-order valence-corrected chi connectivity index (χ3v) is 2.25. The second-order valence-corrected chi connectivity index (χ2v) is 3.40. The highest BCUT2D eigenvalue weighted by Gasteiger charge is 2.08. The number of para-hydroxylation sites is 1. The molecule has 0 radical (unpaired) electrons. The molecule has 0 saturated heterocycles. The van der Waals surface area contributed by atoms with E-state index in [1.807, 2.05) is 0 Å². The van der Waals surface area contributed by atoms with Crippen LogP contribution in [0.1, 0.15) is 0 Å². The lowest BCUT2D eigenvalue weighted by Crippen LogP contribution is -1.87. The van der Waals surface area contributed by atoms with Gasteiger partial charge in [0.15, 0.2) is 11.5 Å². The van der Waals surface area contributed by atoms with E-state index in [-0.39, 0.29) is 17.2 Å². The standard InChI is InChI=1S/C13H12O4/c1-16-9-4-2-5-10(8-9)17-12-7-3-6-11(14)13(12)15/h2-8,14-15H,1H3. The van der Waals surface area contributed by atoms with Gasteiger partial charge in [0, 0.05) is 6.07 Å². The number of rotatable bonds is 3. The van der Waals surface area contributed by atoms with Crippen LogP contribution in [0.15, 0.2) is 42.5 Å². The summed E-state index contributed by atoms with van der Waals surface area (Å²) >= 11 is 0. The van der Waals surface area contributed by atoms with Crippen molar-refractivity contribution in [2.24, 2.45) is 0 Å². The van der Waals surface area contributed by atoms with Crippen molar-refractivity contribution in [1.29, 1.82) is 0 Å². The maximum atomic E-state index is 9.58. The Hall–Kier alpha value is -2.36. The molecule has 88 valence electrons. The first-order valence-corrected chi connectivity index (χ1v) is 5.03. The summed E-state index contributed by atoms with van der Waals surface area (Å²) in [6.45, 7) is 0. The van der Waals surface area contributed by atoms with E-state index in [2.05, 4.69) is 0 Å². The average Bonchev–Trinajstić information content (AvgIpc) is 2.35. The van der Waals surface area contributed by atoms with Crippen molar-refractivity contribution in [3.05, 3.63) is 42.5 Å². The molecule has 0 atom stereocenters. The zero-order valence-corrected chi connectivity index (χ0v) is 9.25. The molecule has 0 aliphatic heterocycles. The molecule has 4 heteroatoms. The molecule has 0 bridgehead atoms. The Balaban J connectivity index is 2.28. The monoisotopic (exact) mass is 232 g/mol. The van der Waals surface area contributed by atoms with Gasteiger partial charge in [-0.1, -0.05) is 12.1 Å². The summed E-state index contributed by atoms with van der Waals surface area (Å²) in [4.78, 5) is 0. The fourth-order valence-electron chi connectivity index (χ4n) is 1.38. The molecule has 0 saturated carbocycles. The largest absolute Gasteiger partial charge is 0.504 e. The lowest BCUT2D eigenvalue weighted by Gasteiger charge is -2.09. The van der Waals surface area contributed by atoms with Crippen molar-refractivity contribution in [2.75, 3.05) is 7.11 Å². The molecule has 2 aromatic rings. The topological polar surface area (TPSA) is 58.9 Å². The molecule has 17 heavy (non-hydrogen) atoms. The fraction of sp³-hybridized carbons (Fsp3) is 0.0769. The van der Waals surface area contributed by atoms with Crippen molar-refractivity contribution >= 4 is 0 Å². The van der Waals surface area contributed by atoms with Gasteiger partial charge >= 0.3 is 0 Å². The van der Waals surface area contributed by atoms with E-state index >= 15 is 0 Å². The zero-order valence-electron chi connectivity index (χ0n) is 9.25. The molecular weight excluding hydrogens is 220 g/mol. The van der Waals surface area contributed by atoms with E-state index < -0.39 is 0 Å². The predicted octanol–water partition coefficient (Wildman–Crippen LogP) is 2.90. The van der Waals surface area contributed by atoms with Crippen LogP contribution in [-0.4, -0.2) is 17.3 Å². The van der Waals surface area contributed by atoms with Crippen LogP contribution in [0.3, 0.4) is 0 Å². The number of ether oxygens (including phenoxy) is 2. The minimum Gasteiger partial charge on any atom is -0.504 e. The minimum absolute atomic E-state index is 0.193. The summed E-state index contributed by atoms with van der Waals surface area (Å²) in [5.74, 6) is 0.867. The Morgan fingerprint density at radius 1 is 0.941 bits per heavy atom. The Labute approximate surface area is 98.7 Å². The van der Waals surface area contributed by atoms with Gasteiger partial charge in [-0.05, 0) is 24.3 Å². The van der Waals surface area contributed by atoms with Crippen molar-refractivity contribution in [2.45, 2.75) is 0 Å². The predicted molar refractivity (Wildman–Crippen MR) is 62.8 cm³/mol. The Bertz CT molecular complexity index is 523. The van der Waals surface area contributed by atoms with Crippen molar-refractivity contribution in [1.82, 2.24) is 0 Å². The number of methoxy groups -OCH3 is 1.